The minimum atomic E-state index is -2.93. The highest BCUT2D eigenvalue weighted by Gasteiger charge is 2.23. The molecule has 0 aromatic rings. The molecule has 0 spiro atoms. The van der Waals surface area contributed by atoms with Crippen LogP contribution in [0.15, 0.2) is 0 Å². The van der Waals surface area contributed by atoms with Gasteiger partial charge in [-0.25, -0.2) is 8.42 Å². The van der Waals surface area contributed by atoms with Crippen LogP contribution in [0.5, 0.6) is 0 Å². The molecule has 0 aliphatic carbocycles. The van der Waals surface area contributed by atoms with Gasteiger partial charge >= 0.3 is 0 Å². The summed E-state index contributed by atoms with van der Waals surface area (Å²) in [6.45, 7) is 5.80. The predicted octanol–water partition coefficient (Wildman–Crippen LogP) is 0.404. The third-order valence-electron chi connectivity index (χ3n) is 1.59. The molecule has 0 heterocycles. The Bertz CT molecular complexity index is 213. The largest absolute Gasteiger partial charge is 0.326 e. The number of rotatable bonds is 2. The average molecular weight is 179 g/mol. The van der Waals surface area contributed by atoms with Gasteiger partial charge in [-0.15, -0.1) is 0 Å². The van der Waals surface area contributed by atoms with Crippen molar-refractivity contribution in [3.63, 3.8) is 0 Å². The molecule has 0 aromatic heterocycles. The fraction of sp³-hybridized carbons (Fsp3) is 1.00. The lowest BCUT2D eigenvalue weighted by Gasteiger charge is -2.25. The summed E-state index contributed by atoms with van der Waals surface area (Å²) >= 11 is 0. The van der Waals surface area contributed by atoms with Gasteiger partial charge in [0, 0.05) is 12.3 Å². The fourth-order valence-corrected chi connectivity index (χ4v) is 1.73. The average Bonchev–Trinajstić information content (AvgIpc) is 1.56. The zero-order valence-corrected chi connectivity index (χ0v) is 8.40. The van der Waals surface area contributed by atoms with Crippen LogP contribution in [0.4, 0.5) is 0 Å². The van der Waals surface area contributed by atoms with Crippen LogP contribution in [0.3, 0.4) is 0 Å². The van der Waals surface area contributed by atoms with Gasteiger partial charge in [0.15, 0.2) is 0 Å². The van der Waals surface area contributed by atoms with Gasteiger partial charge in [-0.1, -0.05) is 20.8 Å². The topological polar surface area (TPSA) is 60.2 Å². The van der Waals surface area contributed by atoms with Crippen molar-refractivity contribution in [2.75, 3.05) is 12.0 Å². The van der Waals surface area contributed by atoms with Gasteiger partial charge in [0.1, 0.15) is 9.84 Å². The fourth-order valence-electron chi connectivity index (χ4n) is 0.576. The molecule has 0 saturated heterocycles. The van der Waals surface area contributed by atoms with E-state index in [1.165, 1.54) is 6.26 Å². The monoisotopic (exact) mass is 179 g/mol. The van der Waals surface area contributed by atoms with Crippen molar-refractivity contribution in [3.8, 4) is 0 Å². The Morgan fingerprint density at radius 1 is 1.36 bits per heavy atom. The molecule has 68 valence electrons. The molecule has 0 rings (SSSR count). The van der Waals surface area contributed by atoms with Crippen molar-refractivity contribution in [1.29, 1.82) is 0 Å². The lowest BCUT2D eigenvalue weighted by Crippen LogP contribution is -2.40. The van der Waals surface area contributed by atoms with Gasteiger partial charge in [0.2, 0.25) is 0 Å². The first kappa shape index (κ1) is 10.9. The summed E-state index contributed by atoms with van der Waals surface area (Å²) in [5.41, 5.74) is 5.52. The molecule has 0 aromatic carbocycles. The Balaban J connectivity index is 4.21. The zero-order chi connectivity index (χ0) is 9.28. The summed E-state index contributed by atoms with van der Waals surface area (Å²) in [4.78, 5) is 0. The van der Waals surface area contributed by atoms with Crippen LogP contribution in [0.25, 0.3) is 0 Å². The second kappa shape index (κ2) is 3.11. The predicted molar refractivity (Wildman–Crippen MR) is 47.1 cm³/mol. The Morgan fingerprint density at radius 2 is 1.73 bits per heavy atom. The number of nitrogens with two attached hydrogens (primary N) is 1. The minimum absolute atomic E-state index is 0.0660. The molecule has 11 heavy (non-hydrogen) atoms. The molecule has 0 saturated carbocycles. The molecule has 2 N–H and O–H groups in total. The molecule has 0 amide bonds. The first-order chi connectivity index (χ1) is 4.63. The van der Waals surface area contributed by atoms with E-state index in [1.807, 2.05) is 20.8 Å². The van der Waals surface area contributed by atoms with E-state index in [1.54, 1.807) is 0 Å². The van der Waals surface area contributed by atoms with E-state index in [2.05, 4.69) is 0 Å². The molecule has 1 unspecified atom stereocenters. The maximum atomic E-state index is 10.8. The van der Waals surface area contributed by atoms with E-state index in [4.69, 9.17) is 5.73 Å². The molecule has 4 heteroatoms. The Hall–Kier alpha value is -0.0900. The normalized spacial score (nSPS) is 16.5. The second-order valence-corrected chi connectivity index (χ2v) is 6.25. The first-order valence-corrected chi connectivity index (χ1v) is 5.62. The summed E-state index contributed by atoms with van der Waals surface area (Å²) in [6, 6.07) is -0.280. The summed E-state index contributed by atoms with van der Waals surface area (Å²) in [5.74, 6) is 0.0660. The molecular formula is C7H17NO2S. The van der Waals surface area contributed by atoms with Gasteiger partial charge in [-0.3, -0.25) is 0 Å². The summed E-state index contributed by atoms with van der Waals surface area (Å²) in [5, 5.41) is 0. The Kier molecular flexibility index (Phi) is 3.08. The quantitative estimate of drug-likeness (QED) is 0.667. The van der Waals surface area contributed by atoms with E-state index in [0.717, 1.165) is 0 Å². The van der Waals surface area contributed by atoms with E-state index in [-0.39, 0.29) is 17.2 Å². The van der Waals surface area contributed by atoms with Gasteiger partial charge in [0.05, 0.1) is 5.75 Å². The van der Waals surface area contributed by atoms with Crippen LogP contribution in [-0.4, -0.2) is 26.5 Å². The highest BCUT2D eigenvalue weighted by atomic mass is 32.2. The summed E-state index contributed by atoms with van der Waals surface area (Å²) < 4.78 is 21.6. The Labute approximate surface area is 68.9 Å². The van der Waals surface area contributed by atoms with Gasteiger partial charge in [0.25, 0.3) is 0 Å². The number of hydrogen-bond donors (Lipinski definition) is 1. The SMILES string of the molecule is CC(C)(C)C(N)CS(C)(=O)=O. The maximum absolute atomic E-state index is 10.8. The second-order valence-electron chi connectivity index (χ2n) is 4.06. The molecule has 0 aliphatic rings. The van der Waals surface area contributed by atoms with Crippen LogP contribution in [0.2, 0.25) is 0 Å². The standard InChI is InChI=1S/C7H17NO2S/c1-7(2,3)6(8)5-11(4,9)10/h6H,5,8H2,1-4H3. The lowest BCUT2D eigenvalue weighted by atomic mass is 9.89. The van der Waals surface area contributed by atoms with E-state index < -0.39 is 9.84 Å². The van der Waals surface area contributed by atoms with Gasteiger partial charge in [-0.2, -0.15) is 0 Å². The number of hydrogen-bond acceptors (Lipinski definition) is 3. The summed E-state index contributed by atoms with van der Waals surface area (Å²) in [6.07, 6.45) is 1.21. The molecule has 1 atom stereocenters. The zero-order valence-electron chi connectivity index (χ0n) is 7.59. The summed E-state index contributed by atoms with van der Waals surface area (Å²) in [7, 11) is -2.93. The van der Waals surface area contributed by atoms with Crippen molar-refractivity contribution >= 4 is 9.84 Å². The number of sulfone groups is 1. The van der Waals surface area contributed by atoms with Crippen LogP contribution < -0.4 is 5.73 Å². The van der Waals surface area contributed by atoms with E-state index in [0.29, 0.717) is 0 Å². The third kappa shape index (κ3) is 5.21. The van der Waals surface area contributed by atoms with E-state index in [9.17, 15) is 8.42 Å². The van der Waals surface area contributed by atoms with E-state index >= 15 is 0 Å². The van der Waals surface area contributed by atoms with Crippen molar-refractivity contribution in [3.05, 3.63) is 0 Å². The Morgan fingerprint density at radius 3 is 1.82 bits per heavy atom. The van der Waals surface area contributed by atoms with Crippen LogP contribution in [0, 0.1) is 5.41 Å². The smallest absolute Gasteiger partial charge is 0.148 e. The maximum Gasteiger partial charge on any atom is 0.148 e. The van der Waals surface area contributed by atoms with Crippen molar-refractivity contribution in [2.24, 2.45) is 11.1 Å². The van der Waals surface area contributed by atoms with Gasteiger partial charge < -0.3 is 5.73 Å². The minimum Gasteiger partial charge on any atom is -0.326 e. The molecular weight excluding hydrogens is 162 g/mol. The highest BCUT2D eigenvalue weighted by molar-refractivity contribution is 7.90. The van der Waals surface area contributed by atoms with Crippen molar-refractivity contribution < 1.29 is 8.42 Å². The molecule has 0 aliphatic heterocycles. The first-order valence-electron chi connectivity index (χ1n) is 3.56. The molecule has 0 radical (unpaired) electrons. The van der Waals surface area contributed by atoms with Crippen molar-refractivity contribution in [2.45, 2.75) is 26.8 Å². The van der Waals surface area contributed by atoms with Crippen molar-refractivity contribution in [1.82, 2.24) is 0 Å². The van der Waals surface area contributed by atoms with Crippen LogP contribution >= 0.6 is 0 Å². The van der Waals surface area contributed by atoms with Gasteiger partial charge in [-0.05, 0) is 5.41 Å². The third-order valence-corrected chi connectivity index (χ3v) is 2.56. The highest BCUT2D eigenvalue weighted by Crippen LogP contribution is 2.17. The van der Waals surface area contributed by atoms with Crippen LogP contribution in [-0.2, 0) is 9.84 Å². The molecule has 0 bridgehead atoms. The lowest BCUT2D eigenvalue weighted by molar-refractivity contribution is 0.340. The molecule has 3 nitrogen and oxygen atoms in total. The molecule has 0 fully saturated rings. The van der Waals surface area contributed by atoms with Crippen LogP contribution in [0.1, 0.15) is 20.8 Å².